The van der Waals surface area contributed by atoms with E-state index in [1.807, 2.05) is 0 Å². The van der Waals surface area contributed by atoms with Crippen molar-refractivity contribution in [3.63, 3.8) is 0 Å². The maximum absolute atomic E-state index is 10.1. The van der Waals surface area contributed by atoms with Crippen molar-refractivity contribution in [3.8, 4) is 0 Å². The van der Waals surface area contributed by atoms with Crippen molar-refractivity contribution in [2.24, 2.45) is 17.3 Å². The molecule has 0 aromatic rings. The molecule has 0 bridgehead atoms. The van der Waals surface area contributed by atoms with Crippen LogP contribution in [0.4, 0.5) is 0 Å². The average molecular weight is 196 g/mol. The summed E-state index contributed by atoms with van der Waals surface area (Å²) < 4.78 is 5.33. The quantitative estimate of drug-likeness (QED) is 0.747. The van der Waals surface area contributed by atoms with Crippen LogP contribution in [0.5, 0.6) is 0 Å². The van der Waals surface area contributed by atoms with Crippen LogP contribution in [-0.4, -0.2) is 24.4 Å². The van der Waals surface area contributed by atoms with Crippen LogP contribution in [0.15, 0.2) is 0 Å². The molecular formula is C12H20O2. The fourth-order valence-electron chi connectivity index (χ4n) is 3.15. The average Bonchev–Trinajstić information content (AvgIpc) is 3.09. The Morgan fingerprint density at radius 2 is 2.00 bits per heavy atom. The molecule has 3 rings (SSSR count). The molecule has 2 unspecified atom stereocenters. The molecule has 2 atom stereocenters. The molecule has 0 amide bonds. The van der Waals surface area contributed by atoms with Crippen LogP contribution >= 0.6 is 0 Å². The van der Waals surface area contributed by atoms with Gasteiger partial charge in [0.1, 0.15) is 0 Å². The van der Waals surface area contributed by atoms with Gasteiger partial charge in [-0.1, -0.05) is 0 Å². The molecule has 2 aliphatic carbocycles. The lowest BCUT2D eigenvalue weighted by atomic mass is 9.91. The predicted molar refractivity (Wildman–Crippen MR) is 53.9 cm³/mol. The topological polar surface area (TPSA) is 29.5 Å². The minimum absolute atomic E-state index is 0.000556. The second-order valence-electron chi connectivity index (χ2n) is 5.53. The Kier molecular flexibility index (Phi) is 2.10. The van der Waals surface area contributed by atoms with E-state index in [4.69, 9.17) is 4.74 Å². The van der Waals surface area contributed by atoms with Gasteiger partial charge in [-0.05, 0) is 55.8 Å². The fraction of sp³-hybridized carbons (Fsp3) is 1.00. The number of hydrogen-bond acceptors (Lipinski definition) is 2. The molecule has 1 heterocycles. The van der Waals surface area contributed by atoms with E-state index in [1.54, 1.807) is 0 Å². The van der Waals surface area contributed by atoms with Gasteiger partial charge in [0.25, 0.3) is 0 Å². The third-order valence-electron chi connectivity index (χ3n) is 4.53. The van der Waals surface area contributed by atoms with Crippen molar-refractivity contribution in [1.82, 2.24) is 0 Å². The minimum Gasteiger partial charge on any atom is -0.393 e. The summed E-state index contributed by atoms with van der Waals surface area (Å²) in [5, 5.41) is 10.1. The van der Waals surface area contributed by atoms with E-state index in [2.05, 4.69) is 0 Å². The zero-order valence-electron chi connectivity index (χ0n) is 8.74. The van der Waals surface area contributed by atoms with Crippen molar-refractivity contribution in [2.75, 3.05) is 13.2 Å². The molecule has 2 saturated carbocycles. The lowest BCUT2D eigenvalue weighted by molar-refractivity contribution is 0.0373. The standard InChI is InChI=1S/C12H20O2/c13-11(10-8-12(10)3-4-12)7-9-1-5-14-6-2-9/h9-11,13H,1-8H2. The molecule has 2 nitrogen and oxygen atoms in total. The number of rotatable bonds is 3. The van der Waals surface area contributed by atoms with E-state index in [0.717, 1.165) is 38.4 Å². The molecule has 0 radical (unpaired) electrons. The number of hydrogen-bond donors (Lipinski definition) is 1. The summed E-state index contributed by atoms with van der Waals surface area (Å²) in [5.41, 5.74) is 0.657. The Labute approximate surface area is 85.6 Å². The van der Waals surface area contributed by atoms with Gasteiger partial charge in [-0.2, -0.15) is 0 Å². The molecule has 3 fully saturated rings. The molecule has 2 heteroatoms. The molecule has 1 N–H and O–H groups in total. The van der Waals surface area contributed by atoms with E-state index >= 15 is 0 Å². The third kappa shape index (κ3) is 1.59. The van der Waals surface area contributed by atoms with Gasteiger partial charge < -0.3 is 9.84 Å². The molecule has 0 aromatic carbocycles. The number of aliphatic hydroxyl groups excluding tert-OH is 1. The fourth-order valence-corrected chi connectivity index (χ4v) is 3.15. The van der Waals surface area contributed by atoms with Gasteiger partial charge in [-0.3, -0.25) is 0 Å². The van der Waals surface area contributed by atoms with Gasteiger partial charge in [-0.25, -0.2) is 0 Å². The Hall–Kier alpha value is -0.0800. The highest BCUT2D eigenvalue weighted by molar-refractivity contribution is 5.14. The lowest BCUT2D eigenvalue weighted by Gasteiger charge is -2.24. The highest BCUT2D eigenvalue weighted by atomic mass is 16.5. The van der Waals surface area contributed by atoms with Crippen molar-refractivity contribution in [1.29, 1.82) is 0 Å². The Morgan fingerprint density at radius 3 is 2.57 bits per heavy atom. The van der Waals surface area contributed by atoms with Crippen LogP contribution in [-0.2, 0) is 4.74 Å². The first-order valence-corrected chi connectivity index (χ1v) is 6.06. The summed E-state index contributed by atoms with van der Waals surface area (Å²) in [6.45, 7) is 1.82. The first-order chi connectivity index (χ1) is 6.80. The summed E-state index contributed by atoms with van der Waals surface area (Å²) in [7, 11) is 0. The van der Waals surface area contributed by atoms with Gasteiger partial charge in [0.05, 0.1) is 6.10 Å². The first-order valence-electron chi connectivity index (χ1n) is 6.06. The maximum Gasteiger partial charge on any atom is 0.0576 e. The Morgan fingerprint density at radius 1 is 1.29 bits per heavy atom. The van der Waals surface area contributed by atoms with Crippen LogP contribution in [0.25, 0.3) is 0 Å². The molecule has 80 valence electrons. The first kappa shape index (κ1) is 9.17. The molecule has 1 spiro atoms. The smallest absolute Gasteiger partial charge is 0.0576 e. The minimum atomic E-state index is 0.000556. The van der Waals surface area contributed by atoms with Gasteiger partial charge in [-0.15, -0.1) is 0 Å². The van der Waals surface area contributed by atoms with Gasteiger partial charge >= 0.3 is 0 Å². The van der Waals surface area contributed by atoms with E-state index in [1.165, 1.54) is 19.3 Å². The Bertz CT molecular complexity index is 216. The molecule has 14 heavy (non-hydrogen) atoms. The van der Waals surface area contributed by atoms with Gasteiger partial charge in [0.15, 0.2) is 0 Å². The molecule has 0 aromatic heterocycles. The van der Waals surface area contributed by atoms with Crippen LogP contribution in [0.1, 0.15) is 38.5 Å². The monoisotopic (exact) mass is 196 g/mol. The highest BCUT2D eigenvalue weighted by Crippen LogP contribution is 2.72. The van der Waals surface area contributed by atoms with Crippen molar-refractivity contribution in [3.05, 3.63) is 0 Å². The number of ether oxygens (including phenoxy) is 1. The summed E-state index contributed by atoms with van der Waals surface area (Å²) in [4.78, 5) is 0. The van der Waals surface area contributed by atoms with E-state index in [0.29, 0.717) is 11.3 Å². The third-order valence-corrected chi connectivity index (χ3v) is 4.53. The maximum atomic E-state index is 10.1. The van der Waals surface area contributed by atoms with Crippen molar-refractivity contribution in [2.45, 2.75) is 44.6 Å². The summed E-state index contributed by atoms with van der Waals surface area (Å²) >= 11 is 0. The SMILES string of the molecule is OC(CC1CCOCC1)C1CC12CC2. The second-order valence-corrected chi connectivity index (χ2v) is 5.53. The lowest BCUT2D eigenvalue weighted by Crippen LogP contribution is -2.22. The molecular weight excluding hydrogens is 176 g/mol. The van der Waals surface area contributed by atoms with Gasteiger partial charge in [0.2, 0.25) is 0 Å². The highest BCUT2D eigenvalue weighted by Gasteiger charge is 2.64. The summed E-state index contributed by atoms with van der Waals surface area (Å²) in [6.07, 6.45) is 7.46. The predicted octanol–water partition coefficient (Wildman–Crippen LogP) is 1.96. The largest absolute Gasteiger partial charge is 0.393 e. The summed E-state index contributed by atoms with van der Waals surface area (Å²) in [5.74, 6) is 1.40. The normalized spacial score (nSPS) is 37.1. The molecule has 1 saturated heterocycles. The van der Waals surface area contributed by atoms with E-state index in [9.17, 15) is 5.11 Å². The van der Waals surface area contributed by atoms with Crippen molar-refractivity contribution < 1.29 is 9.84 Å². The zero-order chi connectivity index (χ0) is 9.60. The number of aliphatic hydroxyl groups is 1. The van der Waals surface area contributed by atoms with Gasteiger partial charge in [0, 0.05) is 13.2 Å². The molecule has 3 aliphatic rings. The zero-order valence-corrected chi connectivity index (χ0v) is 8.74. The van der Waals surface area contributed by atoms with Crippen LogP contribution in [0.2, 0.25) is 0 Å². The van der Waals surface area contributed by atoms with Crippen LogP contribution < -0.4 is 0 Å². The van der Waals surface area contributed by atoms with E-state index in [-0.39, 0.29) is 6.10 Å². The molecule has 1 aliphatic heterocycles. The second kappa shape index (κ2) is 3.21. The van der Waals surface area contributed by atoms with Crippen LogP contribution in [0, 0.1) is 17.3 Å². The van der Waals surface area contributed by atoms with Crippen molar-refractivity contribution >= 4 is 0 Å². The summed E-state index contributed by atoms with van der Waals surface area (Å²) in [6, 6.07) is 0. The van der Waals surface area contributed by atoms with Crippen LogP contribution in [0.3, 0.4) is 0 Å². The Balaban J connectivity index is 1.47. The van der Waals surface area contributed by atoms with E-state index < -0.39 is 0 Å².